The lowest BCUT2D eigenvalue weighted by Crippen LogP contribution is -2.04. The van der Waals surface area contributed by atoms with E-state index in [2.05, 4.69) is 31.2 Å². The number of methoxy groups -OCH3 is 1. The third kappa shape index (κ3) is 5.55. The summed E-state index contributed by atoms with van der Waals surface area (Å²) in [7, 11) is 1.58. The molecule has 0 atom stereocenters. The number of hydrogen-bond donors (Lipinski definition) is 0. The van der Waals surface area contributed by atoms with Crippen LogP contribution in [-0.2, 0) is 0 Å². The Morgan fingerprint density at radius 1 is 0.447 bits per heavy atom. The standard InChI is InChI=1S/C34H26O4/c1-23-3-5-24(6-4-23)25-11-19-31(20-12-25)38-32-21-15-29(16-22-32)34(36)27-9-7-26(8-10-27)33(35)28-13-17-30(37-2)18-14-28/h3-22H,1-2H3. The Morgan fingerprint density at radius 2 is 0.763 bits per heavy atom. The molecule has 0 saturated carbocycles. The molecule has 0 heterocycles. The van der Waals surface area contributed by atoms with Crippen LogP contribution in [0.1, 0.15) is 37.4 Å². The average Bonchev–Trinajstić information content (AvgIpc) is 2.98. The van der Waals surface area contributed by atoms with Crippen LogP contribution in [0.15, 0.2) is 121 Å². The molecule has 0 fully saturated rings. The van der Waals surface area contributed by atoms with Crippen LogP contribution in [0.4, 0.5) is 0 Å². The number of rotatable bonds is 8. The van der Waals surface area contributed by atoms with Crippen molar-refractivity contribution in [1.82, 2.24) is 0 Å². The molecule has 0 spiro atoms. The van der Waals surface area contributed by atoms with Gasteiger partial charge in [-0.05, 0) is 78.7 Å². The fourth-order valence-electron chi connectivity index (χ4n) is 4.12. The van der Waals surface area contributed by atoms with Crippen LogP contribution in [0.2, 0.25) is 0 Å². The van der Waals surface area contributed by atoms with Crippen molar-refractivity contribution in [2.75, 3.05) is 7.11 Å². The minimum atomic E-state index is -0.123. The minimum Gasteiger partial charge on any atom is -0.497 e. The zero-order valence-corrected chi connectivity index (χ0v) is 21.2. The quantitative estimate of drug-likeness (QED) is 0.204. The van der Waals surface area contributed by atoms with E-state index in [1.54, 1.807) is 79.9 Å². The molecule has 4 nitrogen and oxygen atoms in total. The molecule has 186 valence electrons. The van der Waals surface area contributed by atoms with E-state index >= 15 is 0 Å². The summed E-state index contributed by atoms with van der Waals surface area (Å²) in [6.45, 7) is 2.07. The van der Waals surface area contributed by atoms with E-state index in [1.165, 1.54) is 5.56 Å². The molecule has 38 heavy (non-hydrogen) atoms. The molecule has 5 aromatic carbocycles. The number of carbonyl (C=O) groups excluding carboxylic acids is 2. The van der Waals surface area contributed by atoms with Crippen LogP contribution in [0, 0.1) is 6.92 Å². The number of hydrogen-bond acceptors (Lipinski definition) is 4. The second-order valence-electron chi connectivity index (χ2n) is 8.98. The molecule has 0 aliphatic rings. The maximum absolute atomic E-state index is 13.0. The summed E-state index contributed by atoms with van der Waals surface area (Å²) in [5.41, 5.74) is 5.64. The van der Waals surface area contributed by atoms with E-state index < -0.39 is 0 Å². The second kappa shape index (κ2) is 11.0. The van der Waals surface area contributed by atoms with Crippen LogP contribution in [0.25, 0.3) is 11.1 Å². The normalized spacial score (nSPS) is 10.6. The van der Waals surface area contributed by atoms with Gasteiger partial charge in [0.1, 0.15) is 17.2 Å². The molecule has 0 radical (unpaired) electrons. The van der Waals surface area contributed by atoms with Crippen molar-refractivity contribution < 1.29 is 19.1 Å². The van der Waals surface area contributed by atoms with Gasteiger partial charge in [-0.15, -0.1) is 0 Å². The monoisotopic (exact) mass is 498 g/mol. The molecule has 0 aromatic heterocycles. The fraction of sp³-hybridized carbons (Fsp3) is 0.0588. The van der Waals surface area contributed by atoms with Crippen molar-refractivity contribution in [1.29, 1.82) is 0 Å². The van der Waals surface area contributed by atoms with Gasteiger partial charge < -0.3 is 9.47 Å². The zero-order valence-electron chi connectivity index (χ0n) is 21.2. The van der Waals surface area contributed by atoms with Crippen LogP contribution >= 0.6 is 0 Å². The predicted molar refractivity (Wildman–Crippen MR) is 149 cm³/mol. The largest absolute Gasteiger partial charge is 0.497 e. The Kier molecular flexibility index (Phi) is 7.14. The smallest absolute Gasteiger partial charge is 0.193 e. The van der Waals surface area contributed by atoms with Crippen molar-refractivity contribution in [2.45, 2.75) is 6.92 Å². The van der Waals surface area contributed by atoms with E-state index in [0.29, 0.717) is 33.8 Å². The van der Waals surface area contributed by atoms with Crippen molar-refractivity contribution in [2.24, 2.45) is 0 Å². The molecule has 0 aliphatic heterocycles. The van der Waals surface area contributed by atoms with Gasteiger partial charge in [-0.3, -0.25) is 9.59 Å². The maximum atomic E-state index is 13.0. The van der Waals surface area contributed by atoms with E-state index in [4.69, 9.17) is 9.47 Å². The Morgan fingerprint density at radius 3 is 1.16 bits per heavy atom. The zero-order chi connectivity index (χ0) is 26.5. The van der Waals surface area contributed by atoms with Crippen LogP contribution in [-0.4, -0.2) is 18.7 Å². The molecule has 0 aliphatic carbocycles. The van der Waals surface area contributed by atoms with Gasteiger partial charge in [0.15, 0.2) is 11.6 Å². The molecule has 0 amide bonds. The number of benzene rings is 5. The predicted octanol–water partition coefficient (Wildman–Crippen LogP) is 7.92. The Balaban J connectivity index is 1.23. The molecule has 0 bridgehead atoms. The molecule has 0 unspecified atom stereocenters. The molecular formula is C34H26O4. The summed E-state index contributed by atoms with van der Waals surface area (Å²) in [6, 6.07) is 37.0. The number of aryl methyl sites for hydroxylation is 1. The van der Waals surface area contributed by atoms with Gasteiger partial charge in [-0.25, -0.2) is 0 Å². The highest BCUT2D eigenvalue weighted by atomic mass is 16.5. The summed E-state index contributed by atoms with van der Waals surface area (Å²) in [5.74, 6) is 1.82. The first-order valence-corrected chi connectivity index (χ1v) is 12.3. The van der Waals surface area contributed by atoms with E-state index in [0.717, 1.165) is 16.9 Å². The lowest BCUT2D eigenvalue weighted by molar-refractivity contribution is 0.102. The van der Waals surface area contributed by atoms with E-state index in [9.17, 15) is 9.59 Å². The van der Waals surface area contributed by atoms with Crippen molar-refractivity contribution >= 4 is 11.6 Å². The summed E-state index contributed by atoms with van der Waals surface area (Å²) in [4.78, 5) is 25.7. The number of carbonyl (C=O) groups is 2. The van der Waals surface area contributed by atoms with Gasteiger partial charge in [0.05, 0.1) is 7.11 Å². The molecule has 0 N–H and O–H groups in total. The maximum Gasteiger partial charge on any atom is 0.193 e. The first-order chi connectivity index (χ1) is 18.5. The van der Waals surface area contributed by atoms with Crippen molar-refractivity contribution in [3.63, 3.8) is 0 Å². The molecule has 5 aromatic rings. The van der Waals surface area contributed by atoms with Crippen LogP contribution < -0.4 is 9.47 Å². The SMILES string of the molecule is COc1ccc(C(=O)c2ccc(C(=O)c3ccc(Oc4ccc(-c5ccc(C)cc5)cc4)cc3)cc2)cc1. The summed E-state index contributed by atoms with van der Waals surface area (Å²) >= 11 is 0. The lowest BCUT2D eigenvalue weighted by atomic mass is 9.98. The highest BCUT2D eigenvalue weighted by Crippen LogP contribution is 2.27. The third-order valence-electron chi connectivity index (χ3n) is 6.35. The fourth-order valence-corrected chi connectivity index (χ4v) is 4.12. The third-order valence-corrected chi connectivity index (χ3v) is 6.35. The summed E-state index contributed by atoms with van der Waals surface area (Å²) in [5, 5.41) is 0. The Bertz CT molecular complexity index is 1550. The minimum absolute atomic E-state index is 0.111. The van der Waals surface area contributed by atoms with E-state index in [1.807, 2.05) is 24.3 Å². The second-order valence-corrected chi connectivity index (χ2v) is 8.98. The van der Waals surface area contributed by atoms with Gasteiger partial charge in [-0.1, -0.05) is 66.2 Å². The van der Waals surface area contributed by atoms with Crippen LogP contribution in [0.3, 0.4) is 0 Å². The highest BCUT2D eigenvalue weighted by molar-refractivity contribution is 6.11. The average molecular weight is 499 g/mol. The van der Waals surface area contributed by atoms with Gasteiger partial charge in [-0.2, -0.15) is 0 Å². The first kappa shape index (κ1) is 24.7. The summed E-state index contributed by atoms with van der Waals surface area (Å²) < 4.78 is 11.1. The first-order valence-electron chi connectivity index (χ1n) is 12.3. The topological polar surface area (TPSA) is 52.6 Å². The number of ketones is 2. The molecular weight excluding hydrogens is 472 g/mol. The highest BCUT2D eigenvalue weighted by Gasteiger charge is 2.13. The van der Waals surface area contributed by atoms with Crippen molar-refractivity contribution in [3.05, 3.63) is 149 Å². The number of ether oxygens (including phenoxy) is 2. The Hall–Kier alpha value is -4.96. The van der Waals surface area contributed by atoms with Gasteiger partial charge >= 0.3 is 0 Å². The van der Waals surface area contributed by atoms with Gasteiger partial charge in [0.25, 0.3) is 0 Å². The summed E-state index contributed by atoms with van der Waals surface area (Å²) in [6.07, 6.45) is 0. The van der Waals surface area contributed by atoms with E-state index in [-0.39, 0.29) is 11.6 Å². The van der Waals surface area contributed by atoms with Gasteiger partial charge in [0, 0.05) is 22.3 Å². The Labute approximate surface area is 222 Å². The molecule has 0 saturated heterocycles. The van der Waals surface area contributed by atoms with Crippen molar-refractivity contribution in [3.8, 4) is 28.4 Å². The van der Waals surface area contributed by atoms with Gasteiger partial charge in [0.2, 0.25) is 0 Å². The van der Waals surface area contributed by atoms with Crippen LogP contribution in [0.5, 0.6) is 17.2 Å². The molecule has 5 rings (SSSR count). The molecule has 4 heteroatoms. The lowest BCUT2D eigenvalue weighted by Gasteiger charge is -2.09.